The van der Waals surface area contributed by atoms with E-state index in [1.54, 1.807) is 4.57 Å². The number of benzene rings is 2. The van der Waals surface area contributed by atoms with Crippen molar-refractivity contribution in [3.05, 3.63) is 75.8 Å². The van der Waals surface area contributed by atoms with Crippen molar-refractivity contribution in [2.75, 3.05) is 0 Å². The van der Waals surface area contributed by atoms with Gasteiger partial charge in [0.05, 0.1) is 17.4 Å². The van der Waals surface area contributed by atoms with E-state index in [1.165, 1.54) is 11.1 Å². The molecule has 0 aliphatic carbocycles. The first-order chi connectivity index (χ1) is 15.0. The molecule has 6 nitrogen and oxygen atoms in total. The van der Waals surface area contributed by atoms with Crippen LogP contribution in [0.5, 0.6) is 0 Å². The zero-order valence-corrected chi connectivity index (χ0v) is 18.8. The fraction of sp³-hybridized carbons (Fsp3) is 0.400. The number of para-hydroxylation sites is 1. The first-order valence-electron chi connectivity index (χ1n) is 11.2. The van der Waals surface area contributed by atoms with Gasteiger partial charge in [-0.2, -0.15) is 0 Å². The molecule has 31 heavy (non-hydrogen) atoms. The SMILES string of the molecule is CCCc1ccc(C(NCc2nnc3n(CC)c(=O)c4ccccc4n23)C(C)C)cc1. The van der Waals surface area contributed by atoms with Crippen LogP contribution in [0.25, 0.3) is 16.7 Å². The summed E-state index contributed by atoms with van der Waals surface area (Å²) in [6.07, 6.45) is 2.26. The third-order valence-electron chi connectivity index (χ3n) is 5.92. The molecule has 1 atom stereocenters. The van der Waals surface area contributed by atoms with Crippen molar-refractivity contribution in [1.29, 1.82) is 0 Å². The van der Waals surface area contributed by atoms with Crippen molar-refractivity contribution in [3.63, 3.8) is 0 Å². The first-order valence-corrected chi connectivity index (χ1v) is 11.2. The average molecular weight is 418 g/mol. The summed E-state index contributed by atoms with van der Waals surface area (Å²) in [4.78, 5) is 12.9. The molecule has 0 bridgehead atoms. The van der Waals surface area contributed by atoms with E-state index >= 15 is 0 Å². The second-order valence-corrected chi connectivity index (χ2v) is 8.41. The number of hydrogen-bond acceptors (Lipinski definition) is 4. The van der Waals surface area contributed by atoms with Gasteiger partial charge in [0.25, 0.3) is 5.56 Å². The van der Waals surface area contributed by atoms with Crippen LogP contribution >= 0.6 is 0 Å². The molecule has 0 saturated carbocycles. The molecule has 0 aliphatic heterocycles. The quantitative estimate of drug-likeness (QED) is 0.458. The number of fused-ring (bicyclic) bond motifs is 3. The molecule has 4 rings (SSSR count). The average Bonchev–Trinajstić information content (AvgIpc) is 3.19. The van der Waals surface area contributed by atoms with Gasteiger partial charge in [-0.05, 0) is 42.5 Å². The summed E-state index contributed by atoms with van der Waals surface area (Å²) in [6, 6.07) is 16.8. The van der Waals surface area contributed by atoms with Crippen LogP contribution in [-0.4, -0.2) is 19.2 Å². The van der Waals surface area contributed by atoms with E-state index in [1.807, 2.05) is 35.6 Å². The zero-order valence-electron chi connectivity index (χ0n) is 18.8. The molecule has 162 valence electrons. The Kier molecular flexibility index (Phi) is 6.18. The van der Waals surface area contributed by atoms with Gasteiger partial charge < -0.3 is 5.32 Å². The van der Waals surface area contributed by atoms with Gasteiger partial charge in [0.1, 0.15) is 0 Å². The van der Waals surface area contributed by atoms with Gasteiger partial charge in [0.2, 0.25) is 5.78 Å². The summed E-state index contributed by atoms with van der Waals surface area (Å²) >= 11 is 0. The summed E-state index contributed by atoms with van der Waals surface area (Å²) in [5, 5.41) is 13.2. The van der Waals surface area contributed by atoms with E-state index in [-0.39, 0.29) is 11.6 Å². The Morgan fingerprint density at radius 1 is 1.00 bits per heavy atom. The molecule has 0 fully saturated rings. The van der Waals surface area contributed by atoms with Crippen molar-refractivity contribution in [2.45, 2.75) is 59.7 Å². The summed E-state index contributed by atoms with van der Waals surface area (Å²) in [7, 11) is 0. The standard InChI is InChI=1S/C25H31N5O/c1-5-9-18-12-14-19(15-13-18)23(17(3)4)26-16-22-27-28-25-29(6-2)24(31)20-10-7-8-11-21(20)30(22)25/h7-8,10-15,17,23,26H,5-6,9,16H2,1-4H3. The van der Waals surface area contributed by atoms with Crippen LogP contribution in [0.3, 0.4) is 0 Å². The highest BCUT2D eigenvalue weighted by Crippen LogP contribution is 2.23. The van der Waals surface area contributed by atoms with Crippen molar-refractivity contribution >= 4 is 16.7 Å². The normalized spacial score (nSPS) is 12.8. The predicted molar refractivity (Wildman–Crippen MR) is 125 cm³/mol. The van der Waals surface area contributed by atoms with E-state index < -0.39 is 0 Å². The zero-order chi connectivity index (χ0) is 22.0. The third kappa shape index (κ3) is 4.00. The Labute approximate surface area is 182 Å². The maximum Gasteiger partial charge on any atom is 0.262 e. The number of aromatic nitrogens is 4. The lowest BCUT2D eigenvalue weighted by molar-refractivity contribution is 0.405. The Morgan fingerprint density at radius 2 is 1.74 bits per heavy atom. The van der Waals surface area contributed by atoms with Crippen LogP contribution < -0.4 is 10.9 Å². The molecule has 0 amide bonds. The summed E-state index contributed by atoms with van der Waals surface area (Å²) < 4.78 is 3.69. The van der Waals surface area contributed by atoms with Crippen LogP contribution in [0.1, 0.15) is 57.1 Å². The highest BCUT2D eigenvalue weighted by Gasteiger charge is 2.19. The van der Waals surface area contributed by atoms with Crippen molar-refractivity contribution in [1.82, 2.24) is 24.5 Å². The van der Waals surface area contributed by atoms with Crippen molar-refractivity contribution in [3.8, 4) is 0 Å². The number of rotatable bonds is 8. The molecule has 4 aromatic rings. The van der Waals surface area contributed by atoms with Gasteiger partial charge in [-0.3, -0.25) is 13.8 Å². The Bertz CT molecular complexity index is 1240. The minimum atomic E-state index is -0.0234. The first kappa shape index (κ1) is 21.2. The Balaban J connectivity index is 1.69. The Morgan fingerprint density at radius 3 is 2.42 bits per heavy atom. The van der Waals surface area contributed by atoms with E-state index in [0.717, 1.165) is 24.2 Å². The maximum absolute atomic E-state index is 12.9. The molecule has 0 aliphatic rings. The minimum Gasteiger partial charge on any atom is -0.303 e. The number of nitrogens with one attached hydrogen (secondary N) is 1. The van der Waals surface area contributed by atoms with E-state index in [2.05, 4.69) is 60.6 Å². The van der Waals surface area contributed by atoms with Gasteiger partial charge in [0.15, 0.2) is 5.82 Å². The summed E-state index contributed by atoms with van der Waals surface area (Å²) in [6.45, 7) is 9.73. The van der Waals surface area contributed by atoms with Crippen molar-refractivity contribution in [2.24, 2.45) is 5.92 Å². The van der Waals surface area contributed by atoms with E-state index in [9.17, 15) is 4.79 Å². The van der Waals surface area contributed by atoms with Crippen LogP contribution in [0.15, 0.2) is 53.3 Å². The highest BCUT2D eigenvalue weighted by molar-refractivity contribution is 5.80. The molecule has 0 saturated heterocycles. The van der Waals surface area contributed by atoms with Crippen LogP contribution in [0, 0.1) is 5.92 Å². The lowest BCUT2D eigenvalue weighted by atomic mass is 9.94. The third-order valence-corrected chi connectivity index (χ3v) is 5.92. The number of nitrogens with zero attached hydrogens (tertiary/aromatic N) is 4. The molecule has 1 unspecified atom stereocenters. The van der Waals surface area contributed by atoms with Crippen molar-refractivity contribution < 1.29 is 0 Å². The minimum absolute atomic E-state index is 0.0234. The molecule has 0 spiro atoms. The van der Waals surface area contributed by atoms with Crippen LogP contribution in [0.4, 0.5) is 0 Å². The predicted octanol–water partition coefficient (Wildman–Crippen LogP) is 4.50. The molecule has 6 heteroatoms. The number of aryl methyl sites for hydroxylation is 2. The topological polar surface area (TPSA) is 64.2 Å². The highest BCUT2D eigenvalue weighted by atomic mass is 16.1. The summed E-state index contributed by atoms with van der Waals surface area (Å²) in [5.74, 6) is 1.82. The molecule has 2 aromatic heterocycles. The lowest BCUT2D eigenvalue weighted by Gasteiger charge is -2.23. The fourth-order valence-electron chi connectivity index (χ4n) is 4.33. The largest absolute Gasteiger partial charge is 0.303 e. The second-order valence-electron chi connectivity index (χ2n) is 8.41. The summed E-state index contributed by atoms with van der Waals surface area (Å²) in [5.41, 5.74) is 3.48. The van der Waals surface area contributed by atoms with Gasteiger partial charge in [0, 0.05) is 12.6 Å². The second kappa shape index (κ2) is 9.02. The van der Waals surface area contributed by atoms with Gasteiger partial charge >= 0.3 is 0 Å². The smallest absolute Gasteiger partial charge is 0.262 e. The maximum atomic E-state index is 12.9. The molecule has 2 aromatic carbocycles. The van der Waals surface area contributed by atoms with Gasteiger partial charge in [-0.1, -0.05) is 63.6 Å². The fourth-order valence-corrected chi connectivity index (χ4v) is 4.33. The molecular weight excluding hydrogens is 386 g/mol. The molecular formula is C25H31N5O. The molecule has 1 N–H and O–H groups in total. The molecule has 0 radical (unpaired) electrons. The lowest BCUT2D eigenvalue weighted by Crippen LogP contribution is -2.27. The van der Waals surface area contributed by atoms with Crippen LogP contribution in [-0.2, 0) is 19.5 Å². The van der Waals surface area contributed by atoms with Gasteiger partial charge in [-0.15, -0.1) is 10.2 Å². The van der Waals surface area contributed by atoms with E-state index in [4.69, 9.17) is 0 Å². The van der Waals surface area contributed by atoms with Gasteiger partial charge in [-0.25, -0.2) is 0 Å². The Hall–Kier alpha value is -2.99. The number of hydrogen-bond donors (Lipinski definition) is 1. The molecule has 2 heterocycles. The van der Waals surface area contributed by atoms with Crippen LogP contribution in [0.2, 0.25) is 0 Å². The van der Waals surface area contributed by atoms with E-state index in [0.29, 0.717) is 30.2 Å². The monoisotopic (exact) mass is 417 g/mol.